The molecule has 0 fully saturated rings. The summed E-state index contributed by atoms with van der Waals surface area (Å²) >= 11 is 0. The molecule has 3 heteroatoms. The van der Waals surface area contributed by atoms with Crippen molar-refractivity contribution in [3.8, 4) is 0 Å². The van der Waals surface area contributed by atoms with E-state index in [9.17, 15) is 4.79 Å². The van der Waals surface area contributed by atoms with E-state index in [1.807, 2.05) is 12.1 Å². The number of esters is 1. The molecule has 0 saturated carbocycles. The van der Waals surface area contributed by atoms with Gasteiger partial charge in [0.2, 0.25) is 0 Å². The number of methoxy groups -OCH3 is 1. The molecular formula is C21H21NO2. The van der Waals surface area contributed by atoms with E-state index >= 15 is 0 Å². The summed E-state index contributed by atoms with van der Waals surface area (Å²) in [6.07, 6.45) is 8.92. The third-order valence-electron chi connectivity index (χ3n) is 4.94. The number of nitrogens with one attached hydrogen (secondary N) is 1. The van der Waals surface area contributed by atoms with Gasteiger partial charge in [-0.2, -0.15) is 0 Å². The molecule has 0 spiro atoms. The Morgan fingerprint density at radius 2 is 2.04 bits per heavy atom. The van der Waals surface area contributed by atoms with Crippen molar-refractivity contribution in [2.45, 2.75) is 26.3 Å². The summed E-state index contributed by atoms with van der Waals surface area (Å²) in [5.41, 5.74) is 7.60. The van der Waals surface area contributed by atoms with Crippen molar-refractivity contribution >= 4 is 17.6 Å². The van der Waals surface area contributed by atoms with Gasteiger partial charge in [0.15, 0.2) is 0 Å². The average molecular weight is 319 g/mol. The number of ether oxygens (including phenoxy) is 1. The lowest BCUT2D eigenvalue weighted by molar-refractivity contribution is 0.0600. The summed E-state index contributed by atoms with van der Waals surface area (Å²) in [4.78, 5) is 12.1. The van der Waals surface area contributed by atoms with E-state index in [0.29, 0.717) is 5.56 Å². The van der Waals surface area contributed by atoms with E-state index in [1.54, 1.807) is 0 Å². The number of rotatable bonds is 1. The Balaban J connectivity index is 1.86. The summed E-state index contributed by atoms with van der Waals surface area (Å²) in [6, 6.07) is 5.83. The molecule has 1 aromatic rings. The molecule has 122 valence electrons. The molecule has 1 N–H and O–H groups in total. The largest absolute Gasteiger partial charge is 0.465 e. The molecule has 0 saturated heterocycles. The molecule has 3 nitrogen and oxygen atoms in total. The molecule has 0 bridgehead atoms. The molecule has 1 unspecified atom stereocenters. The first-order valence-corrected chi connectivity index (χ1v) is 8.24. The quantitative estimate of drug-likeness (QED) is 0.626. The van der Waals surface area contributed by atoms with Gasteiger partial charge >= 0.3 is 5.97 Å². The van der Waals surface area contributed by atoms with Gasteiger partial charge in [-0.3, -0.25) is 0 Å². The molecular weight excluding hydrogens is 298 g/mol. The van der Waals surface area contributed by atoms with Crippen molar-refractivity contribution < 1.29 is 9.53 Å². The van der Waals surface area contributed by atoms with Gasteiger partial charge in [0.1, 0.15) is 0 Å². The first-order valence-electron chi connectivity index (χ1n) is 8.24. The molecule has 1 atom stereocenters. The number of allylic oxidation sites excluding steroid dienone is 4. The van der Waals surface area contributed by atoms with Gasteiger partial charge in [0, 0.05) is 17.2 Å². The molecule has 1 heterocycles. The highest BCUT2D eigenvalue weighted by Crippen LogP contribution is 2.45. The number of fused-ring (bicyclic) bond motifs is 4. The lowest BCUT2D eigenvalue weighted by Gasteiger charge is -2.38. The Morgan fingerprint density at radius 1 is 1.25 bits per heavy atom. The van der Waals surface area contributed by atoms with Crippen LogP contribution >= 0.6 is 0 Å². The third-order valence-corrected chi connectivity index (χ3v) is 4.94. The van der Waals surface area contributed by atoms with Gasteiger partial charge in [-0.15, -0.1) is 0 Å². The van der Waals surface area contributed by atoms with E-state index < -0.39 is 0 Å². The highest BCUT2D eigenvalue weighted by molar-refractivity contribution is 6.05. The van der Waals surface area contributed by atoms with Crippen molar-refractivity contribution in [1.29, 1.82) is 0 Å². The van der Waals surface area contributed by atoms with Gasteiger partial charge in [0.05, 0.1) is 12.7 Å². The molecule has 1 aromatic carbocycles. The summed E-state index contributed by atoms with van der Waals surface area (Å²) in [7, 11) is 1.42. The number of benzene rings is 1. The lowest BCUT2D eigenvalue weighted by Crippen LogP contribution is -2.43. The van der Waals surface area contributed by atoms with Crippen LogP contribution < -0.4 is 5.32 Å². The predicted octanol–water partition coefficient (Wildman–Crippen LogP) is 4.10. The van der Waals surface area contributed by atoms with Crippen LogP contribution in [0.2, 0.25) is 0 Å². The molecule has 3 aliphatic rings. The Morgan fingerprint density at radius 3 is 2.79 bits per heavy atom. The predicted molar refractivity (Wildman–Crippen MR) is 96.3 cm³/mol. The van der Waals surface area contributed by atoms with Crippen molar-refractivity contribution in [3.05, 3.63) is 70.0 Å². The second kappa shape index (κ2) is 4.97. The van der Waals surface area contributed by atoms with Gasteiger partial charge in [-0.1, -0.05) is 29.9 Å². The third kappa shape index (κ3) is 2.15. The van der Waals surface area contributed by atoms with Gasteiger partial charge in [-0.25, -0.2) is 4.79 Å². The van der Waals surface area contributed by atoms with Crippen molar-refractivity contribution in [2.24, 2.45) is 5.92 Å². The van der Waals surface area contributed by atoms with Crippen molar-refractivity contribution in [1.82, 2.24) is 5.32 Å². The fraction of sp³-hybridized carbons (Fsp3) is 0.286. The van der Waals surface area contributed by atoms with Crippen LogP contribution in [-0.2, 0) is 4.74 Å². The summed E-state index contributed by atoms with van der Waals surface area (Å²) in [6.45, 7) is 6.55. The summed E-state index contributed by atoms with van der Waals surface area (Å²) in [5.74, 6) is -0.0127. The van der Waals surface area contributed by atoms with Crippen LogP contribution in [0.15, 0.2) is 53.3 Å². The fourth-order valence-corrected chi connectivity index (χ4v) is 4.01. The van der Waals surface area contributed by atoms with Crippen LogP contribution in [0, 0.1) is 5.92 Å². The zero-order valence-electron chi connectivity index (χ0n) is 14.4. The first kappa shape index (κ1) is 15.0. The number of hydrogen-bond donors (Lipinski definition) is 1. The molecule has 1 aliphatic heterocycles. The van der Waals surface area contributed by atoms with Crippen molar-refractivity contribution in [2.75, 3.05) is 7.11 Å². The highest BCUT2D eigenvalue weighted by atomic mass is 16.5. The van der Waals surface area contributed by atoms with Gasteiger partial charge < -0.3 is 10.1 Å². The second-order valence-corrected chi connectivity index (χ2v) is 7.25. The Hall–Kier alpha value is -2.55. The Bertz CT molecular complexity index is 881. The fourth-order valence-electron chi connectivity index (χ4n) is 4.01. The molecule has 0 radical (unpaired) electrons. The standard InChI is InChI=1S/C21H21NO2/c1-12-11-21(2,3)22-19-9-13-8-18-14(17(13)10-16(12)19)6-5-7-15(18)20(23)24-4/h5-11,16,22H,1-4H3. The maximum absolute atomic E-state index is 12.1. The van der Waals surface area contributed by atoms with Crippen molar-refractivity contribution in [3.63, 3.8) is 0 Å². The highest BCUT2D eigenvalue weighted by Gasteiger charge is 2.33. The topological polar surface area (TPSA) is 38.3 Å². The van der Waals surface area contributed by atoms with Crippen LogP contribution in [0.4, 0.5) is 0 Å². The minimum Gasteiger partial charge on any atom is -0.465 e. The maximum atomic E-state index is 12.1. The Kier molecular flexibility index (Phi) is 3.11. The number of carbonyl (C=O) groups is 1. The molecule has 4 rings (SSSR count). The zero-order valence-corrected chi connectivity index (χ0v) is 14.4. The monoisotopic (exact) mass is 319 g/mol. The minimum atomic E-state index is -0.289. The number of carbonyl (C=O) groups excluding carboxylic acids is 1. The van der Waals surface area contributed by atoms with E-state index in [2.05, 4.69) is 56.5 Å². The van der Waals surface area contributed by atoms with Crippen LogP contribution in [-0.4, -0.2) is 18.6 Å². The van der Waals surface area contributed by atoms with E-state index in [1.165, 1.54) is 24.0 Å². The van der Waals surface area contributed by atoms with Crippen LogP contribution in [0.25, 0.3) is 11.6 Å². The van der Waals surface area contributed by atoms with E-state index in [-0.39, 0.29) is 17.4 Å². The summed E-state index contributed by atoms with van der Waals surface area (Å²) < 4.78 is 4.93. The van der Waals surface area contributed by atoms with Crippen LogP contribution in [0.1, 0.15) is 42.3 Å². The molecule has 2 aliphatic carbocycles. The molecule has 24 heavy (non-hydrogen) atoms. The first-order chi connectivity index (χ1) is 11.4. The summed E-state index contributed by atoms with van der Waals surface area (Å²) in [5, 5.41) is 3.62. The van der Waals surface area contributed by atoms with E-state index in [4.69, 9.17) is 4.74 Å². The SMILES string of the molecule is COC(=O)c1cccc2c1C=C1C=C3NC(C)(C)C=C(C)C3C=C12. The smallest absolute Gasteiger partial charge is 0.338 e. The average Bonchev–Trinajstić information content (AvgIpc) is 2.88. The van der Waals surface area contributed by atoms with E-state index in [0.717, 1.165) is 16.7 Å². The normalized spacial score (nSPS) is 22.8. The zero-order chi connectivity index (χ0) is 17.1. The van der Waals surface area contributed by atoms with Crippen LogP contribution in [0.3, 0.4) is 0 Å². The van der Waals surface area contributed by atoms with Crippen LogP contribution in [0.5, 0.6) is 0 Å². The number of hydrogen-bond acceptors (Lipinski definition) is 3. The second-order valence-electron chi connectivity index (χ2n) is 7.25. The molecule has 0 aromatic heterocycles. The minimum absolute atomic E-state index is 0.0407. The molecule has 0 amide bonds. The van der Waals surface area contributed by atoms with Gasteiger partial charge in [-0.05, 0) is 61.3 Å². The maximum Gasteiger partial charge on any atom is 0.338 e. The Labute approximate surface area is 142 Å². The van der Waals surface area contributed by atoms with Gasteiger partial charge in [0.25, 0.3) is 0 Å². The lowest BCUT2D eigenvalue weighted by atomic mass is 9.80.